The maximum absolute atomic E-state index is 13.7. The first-order chi connectivity index (χ1) is 9.44. The molecule has 0 unspecified atom stereocenters. The van der Waals surface area contributed by atoms with Crippen LogP contribution >= 0.6 is 11.6 Å². The van der Waals surface area contributed by atoms with Gasteiger partial charge in [-0.2, -0.15) is 0 Å². The van der Waals surface area contributed by atoms with Crippen molar-refractivity contribution in [1.29, 1.82) is 0 Å². The molecule has 3 atom stereocenters. The van der Waals surface area contributed by atoms with Gasteiger partial charge in [0, 0.05) is 12.0 Å². The van der Waals surface area contributed by atoms with Crippen molar-refractivity contribution < 1.29 is 13.9 Å². The van der Waals surface area contributed by atoms with Gasteiger partial charge in [0.1, 0.15) is 5.75 Å². The second-order valence-electron chi connectivity index (χ2n) is 5.77. The van der Waals surface area contributed by atoms with Crippen molar-refractivity contribution in [2.75, 3.05) is 6.61 Å². The predicted molar refractivity (Wildman–Crippen MR) is 74.5 cm³/mol. The number of hydrogen-bond acceptors (Lipinski definition) is 2. The third-order valence-corrected chi connectivity index (χ3v) is 4.80. The van der Waals surface area contributed by atoms with Gasteiger partial charge in [-0.25, -0.2) is 4.39 Å². The number of hydrogen-bond donors (Lipinski definition) is 1. The summed E-state index contributed by atoms with van der Waals surface area (Å²) in [6, 6.07) is 7.48. The number of para-hydroxylation sites is 1. The zero-order valence-electron chi connectivity index (χ0n) is 11.3. The number of rotatable bonds is 2. The molecule has 1 amide bonds. The van der Waals surface area contributed by atoms with Crippen LogP contribution < -0.4 is 10.1 Å². The lowest BCUT2D eigenvalue weighted by Crippen LogP contribution is -2.36. The van der Waals surface area contributed by atoms with Crippen LogP contribution in [0.15, 0.2) is 24.3 Å². The number of amides is 1. The van der Waals surface area contributed by atoms with Gasteiger partial charge in [0.05, 0.1) is 18.1 Å². The lowest BCUT2D eigenvalue weighted by molar-refractivity contribution is -0.127. The quantitative estimate of drug-likeness (QED) is 0.850. The molecule has 0 spiro atoms. The first-order valence-electron chi connectivity index (χ1n) is 6.84. The van der Waals surface area contributed by atoms with Crippen LogP contribution in [-0.2, 0) is 4.79 Å². The number of carbonyl (C=O) groups excluding carboxylic acids is 1. The molecule has 1 N–H and O–H groups in total. The van der Waals surface area contributed by atoms with Crippen molar-refractivity contribution in [1.82, 2.24) is 5.32 Å². The highest BCUT2D eigenvalue weighted by atomic mass is 35.5. The van der Waals surface area contributed by atoms with Crippen molar-refractivity contribution in [3.8, 4) is 5.75 Å². The lowest BCUT2D eigenvalue weighted by Gasteiger charge is -2.21. The van der Waals surface area contributed by atoms with Gasteiger partial charge in [0.15, 0.2) is 5.13 Å². The molecular formula is C15H17ClFNO2. The fourth-order valence-corrected chi connectivity index (χ4v) is 2.99. The van der Waals surface area contributed by atoms with Crippen LogP contribution in [0.2, 0.25) is 0 Å². The molecule has 1 heterocycles. The van der Waals surface area contributed by atoms with Crippen molar-refractivity contribution >= 4 is 17.5 Å². The van der Waals surface area contributed by atoms with Crippen LogP contribution in [0, 0.1) is 5.41 Å². The van der Waals surface area contributed by atoms with E-state index in [0.717, 1.165) is 24.2 Å². The van der Waals surface area contributed by atoms with Crippen LogP contribution in [0.4, 0.5) is 4.39 Å². The number of carbonyl (C=O) groups is 1. The Kier molecular flexibility index (Phi) is 3.16. The molecule has 1 aliphatic carbocycles. The van der Waals surface area contributed by atoms with Gasteiger partial charge in [-0.05, 0) is 25.8 Å². The van der Waals surface area contributed by atoms with Gasteiger partial charge in [-0.15, -0.1) is 0 Å². The SMILES string of the molecule is C[C@]1(C(=O)N[C@@H]2CCCOc3ccccc32)C[C@@]1(F)Cl. The lowest BCUT2D eigenvalue weighted by atomic mass is 10.00. The van der Waals surface area contributed by atoms with E-state index >= 15 is 0 Å². The molecule has 1 fully saturated rings. The topological polar surface area (TPSA) is 38.3 Å². The van der Waals surface area contributed by atoms with E-state index in [-0.39, 0.29) is 18.4 Å². The molecule has 1 aromatic rings. The number of fused-ring (bicyclic) bond motifs is 1. The molecule has 5 heteroatoms. The first kappa shape index (κ1) is 13.7. The summed E-state index contributed by atoms with van der Waals surface area (Å²) < 4.78 is 19.4. The van der Waals surface area contributed by atoms with E-state index in [1.54, 1.807) is 6.92 Å². The average molecular weight is 298 g/mol. The zero-order chi connectivity index (χ0) is 14.4. The number of nitrogens with one attached hydrogen (secondary N) is 1. The van der Waals surface area contributed by atoms with Crippen LogP contribution in [0.25, 0.3) is 0 Å². The summed E-state index contributed by atoms with van der Waals surface area (Å²) in [6.07, 6.45) is 1.69. The Hall–Kier alpha value is -1.29. The van der Waals surface area contributed by atoms with Gasteiger partial charge in [0.25, 0.3) is 0 Å². The molecule has 0 radical (unpaired) electrons. The van der Waals surface area contributed by atoms with Crippen LogP contribution in [0.5, 0.6) is 5.75 Å². The molecule has 1 aliphatic heterocycles. The maximum Gasteiger partial charge on any atom is 0.231 e. The minimum Gasteiger partial charge on any atom is -0.493 e. The normalized spacial score (nSPS) is 35.5. The highest BCUT2D eigenvalue weighted by Crippen LogP contribution is 2.62. The fourth-order valence-electron chi connectivity index (χ4n) is 2.64. The standard InChI is InChI=1S/C15H17ClFNO2/c1-14(9-15(14,16)17)13(19)18-11-6-4-8-20-12-7-3-2-5-10(11)12/h2-3,5,7,11H,4,6,8-9H2,1H3,(H,18,19)/t11-,14-,15+/m1/s1. The number of benzene rings is 1. The van der Waals surface area contributed by atoms with E-state index in [1.807, 2.05) is 24.3 Å². The van der Waals surface area contributed by atoms with E-state index < -0.39 is 10.5 Å². The third-order valence-electron chi connectivity index (χ3n) is 4.25. The summed E-state index contributed by atoms with van der Waals surface area (Å²) in [4.78, 5) is 12.3. The molecular weight excluding hydrogens is 281 g/mol. The molecule has 108 valence electrons. The summed E-state index contributed by atoms with van der Waals surface area (Å²) in [5.41, 5.74) is -0.168. The maximum atomic E-state index is 13.7. The van der Waals surface area contributed by atoms with Gasteiger partial charge in [-0.3, -0.25) is 4.79 Å². The number of halogens is 2. The van der Waals surface area contributed by atoms with Gasteiger partial charge in [-0.1, -0.05) is 29.8 Å². The summed E-state index contributed by atoms with van der Waals surface area (Å²) in [5.74, 6) is 0.463. The Morgan fingerprint density at radius 3 is 2.90 bits per heavy atom. The molecule has 3 nitrogen and oxygen atoms in total. The third kappa shape index (κ3) is 2.16. The smallest absolute Gasteiger partial charge is 0.231 e. The highest BCUT2D eigenvalue weighted by Gasteiger charge is 2.70. The van der Waals surface area contributed by atoms with Crippen molar-refractivity contribution in [2.45, 2.75) is 37.4 Å². The molecule has 20 heavy (non-hydrogen) atoms. The van der Waals surface area contributed by atoms with Crippen LogP contribution in [0.1, 0.15) is 37.8 Å². The summed E-state index contributed by atoms with van der Waals surface area (Å²) in [5, 5.41) is 1.02. The van der Waals surface area contributed by atoms with E-state index in [1.165, 1.54) is 0 Å². The molecule has 0 bridgehead atoms. The molecule has 1 saturated carbocycles. The molecule has 2 aliphatic rings. The monoisotopic (exact) mass is 297 g/mol. The number of alkyl halides is 2. The Morgan fingerprint density at radius 1 is 1.50 bits per heavy atom. The van der Waals surface area contributed by atoms with Crippen molar-refractivity contribution in [3.63, 3.8) is 0 Å². The van der Waals surface area contributed by atoms with Crippen LogP contribution in [0.3, 0.4) is 0 Å². The van der Waals surface area contributed by atoms with Gasteiger partial charge in [0.2, 0.25) is 5.91 Å². The highest BCUT2D eigenvalue weighted by molar-refractivity contribution is 6.28. The first-order valence-corrected chi connectivity index (χ1v) is 7.22. The van der Waals surface area contributed by atoms with Crippen LogP contribution in [-0.4, -0.2) is 17.6 Å². The minimum atomic E-state index is -1.90. The Labute approximate surface area is 122 Å². The zero-order valence-corrected chi connectivity index (χ0v) is 12.0. The van der Waals surface area contributed by atoms with E-state index in [0.29, 0.717) is 6.61 Å². The van der Waals surface area contributed by atoms with Gasteiger partial charge < -0.3 is 10.1 Å². The fraction of sp³-hybridized carbons (Fsp3) is 0.533. The largest absolute Gasteiger partial charge is 0.493 e. The van der Waals surface area contributed by atoms with Gasteiger partial charge >= 0.3 is 0 Å². The second-order valence-corrected chi connectivity index (χ2v) is 6.37. The Morgan fingerprint density at radius 2 is 2.20 bits per heavy atom. The minimum absolute atomic E-state index is 0.0677. The van der Waals surface area contributed by atoms with Crippen molar-refractivity contribution in [3.05, 3.63) is 29.8 Å². The predicted octanol–water partition coefficient (Wildman–Crippen LogP) is 3.33. The Bertz CT molecular complexity index is 548. The van der Waals surface area contributed by atoms with Crippen molar-refractivity contribution in [2.24, 2.45) is 5.41 Å². The van der Waals surface area contributed by atoms with E-state index in [2.05, 4.69) is 5.32 Å². The number of ether oxygens (including phenoxy) is 1. The summed E-state index contributed by atoms with van der Waals surface area (Å²) in [7, 11) is 0. The molecule has 0 aromatic heterocycles. The molecule has 1 aromatic carbocycles. The van der Waals surface area contributed by atoms with E-state index in [9.17, 15) is 9.18 Å². The molecule has 0 saturated heterocycles. The molecule has 3 rings (SSSR count). The summed E-state index contributed by atoms with van der Waals surface area (Å²) >= 11 is 5.64. The average Bonchev–Trinajstić information content (AvgIpc) is 3.00. The second kappa shape index (κ2) is 4.62. The Balaban J connectivity index is 1.80. The summed E-state index contributed by atoms with van der Waals surface area (Å²) in [6.45, 7) is 2.19. The van der Waals surface area contributed by atoms with E-state index in [4.69, 9.17) is 16.3 Å².